The van der Waals surface area contributed by atoms with Gasteiger partial charge in [-0.15, -0.1) is 0 Å². The molecule has 0 heterocycles. The van der Waals surface area contributed by atoms with Gasteiger partial charge < -0.3 is 0 Å². The maximum absolute atomic E-state index is 2.26. The van der Waals surface area contributed by atoms with Gasteiger partial charge in [0.2, 0.25) is 0 Å². The van der Waals surface area contributed by atoms with Crippen molar-refractivity contribution in [3.63, 3.8) is 0 Å². The van der Waals surface area contributed by atoms with Crippen molar-refractivity contribution >= 4 is 11.6 Å². The monoisotopic (exact) mass is 284 g/mol. The third-order valence-electron chi connectivity index (χ3n) is 3.84. The minimum absolute atomic E-state index is 1.23. The lowest BCUT2D eigenvalue weighted by molar-refractivity contribution is 1.44. The third kappa shape index (κ3) is 3.35. The van der Waals surface area contributed by atoms with Crippen LogP contribution in [0.3, 0.4) is 0 Å². The van der Waals surface area contributed by atoms with E-state index < -0.39 is 0 Å². The number of aryl methyl sites for hydroxylation is 2. The Labute approximate surface area is 132 Å². The zero-order valence-electron chi connectivity index (χ0n) is 13.1. The van der Waals surface area contributed by atoms with Gasteiger partial charge in [0.1, 0.15) is 0 Å². The molecule has 0 heteroatoms. The molecule has 0 amide bonds. The first kappa shape index (κ1) is 14.3. The highest BCUT2D eigenvalue weighted by Gasteiger charge is 2.05. The van der Waals surface area contributed by atoms with Gasteiger partial charge in [0, 0.05) is 0 Å². The molecule has 0 aliphatic rings. The van der Waals surface area contributed by atoms with Gasteiger partial charge in [-0.05, 0) is 42.2 Å². The molecule has 108 valence electrons. The molecule has 3 aromatic carbocycles. The fourth-order valence-electron chi connectivity index (χ4n) is 2.51. The van der Waals surface area contributed by atoms with E-state index in [0.29, 0.717) is 0 Å². The Balaban J connectivity index is 2.10. The summed E-state index contributed by atoms with van der Waals surface area (Å²) in [7, 11) is 0. The largest absolute Gasteiger partial charge is 0.0622 e. The molecule has 0 fully saturated rings. The first-order valence-electron chi connectivity index (χ1n) is 7.63. The second-order valence-corrected chi connectivity index (χ2v) is 5.70. The zero-order chi connectivity index (χ0) is 15.4. The summed E-state index contributed by atoms with van der Waals surface area (Å²) in [5, 5.41) is 0. The van der Waals surface area contributed by atoms with Crippen molar-refractivity contribution in [2.75, 3.05) is 0 Å². The van der Waals surface area contributed by atoms with Gasteiger partial charge in [0.15, 0.2) is 0 Å². The standard InChI is InChI=1S/C22H20/c1-17-8-12-19(13-9-17)16-22(20-6-4-3-5-7-20)21-14-10-18(2)11-15-21/h3-16H,1-2H3/b22-16-. The molecule has 0 N–H and O–H groups in total. The van der Waals surface area contributed by atoms with Gasteiger partial charge in [0.25, 0.3) is 0 Å². The second kappa shape index (κ2) is 6.44. The summed E-state index contributed by atoms with van der Waals surface area (Å²) in [5.74, 6) is 0. The van der Waals surface area contributed by atoms with Crippen LogP contribution < -0.4 is 0 Å². The topological polar surface area (TPSA) is 0 Å². The number of hydrogen-bond acceptors (Lipinski definition) is 0. The highest BCUT2D eigenvalue weighted by Crippen LogP contribution is 2.26. The lowest BCUT2D eigenvalue weighted by atomic mass is 9.95. The van der Waals surface area contributed by atoms with Crippen molar-refractivity contribution in [3.8, 4) is 0 Å². The second-order valence-electron chi connectivity index (χ2n) is 5.70. The van der Waals surface area contributed by atoms with Crippen LogP contribution in [0.2, 0.25) is 0 Å². The van der Waals surface area contributed by atoms with Crippen molar-refractivity contribution in [2.24, 2.45) is 0 Å². The predicted octanol–water partition coefficient (Wildman–Crippen LogP) is 5.89. The van der Waals surface area contributed by atoms with Gasteiger partial charge in [0.05, 0.1) is 0 Å². The van der Waals surface area contributed by atoms with Crippen LogP contribution in [0.5, 0.6) is 0 Å². The zero-order valence-corrected chi connectivity index (χ0v) is 13.1. The van der Waals surface area contributed by atoms with Gasteiger partial charge in [-0.1, -0.05) is 90.0 Å². The van der Waals surface area contributed by atoms with Gasteiger partial charge in [-0.3, -0.25) is 0 Å². The van der Waals surface area contributed by atoms with E-state index in [1.54, 1.807) is 0 Å². The van der Waals surface area contributed by atoms with Crippen molar-refractivity contribution in [3.05, 3.63) is 107 Å². The lowest BCUT2D eigenvalue weighted by Crippen LogP contribution is -1.88. The van der Waals surface area contributed by atoms with E-state index in [2.05, 4.69) is 98.8 Å². The van der Waals surface area contributed by atoms with E-state index in [1.165, 1.54) is 33.4 Å². The molecule has 0 bridgehead atoms. The van der Waals surface area contributed by atoms with E-state index in [-0.39, 0.29) is 0 Å². The molecule has 22 heavy (non-hydrogen) atoms. The van der Waals surface area contributed by atoms with Crippen LogP contribution in [0.4, 0.5) is 0 Å². The molecule has 0 saturated heterocycles. The first-order valence-corrected chi connectivity index (χ1v) is 7.63. The van der Waals surface area contributed by atoms with Crippen molar-refractivity contribution in [1.82, 2.24) is 0 Å². The Hall–Kier alpha value is -2.60. The normalized spacial score (nSPS) is 11.5. The van der Waals surface area contributed by atoms with Crippen molar-refractivity contribution in [2.45, 2.75) is 13.8 Å². The van der Waals surface area contributed by atoms with E-state index in [1.807, 2.05) is 0 Å². The molecule has 0 aromatic heterocycles. The predicted molar refractivity (Wildman–Crippen MR) is 95.8 cm³/mol. The fraction of sp³-hybridized carbons (Fsp3) is 0.0909. The Bertz CT molecular complexity index is 761. The number of rotatable bonds is 3. The smallest absolute Gasteiger partial charge is 0.0105 e. The van der Waals surface area contributed by atoms with E-state index in [4.69, 9.17) is 0 Å². The van der Waals surface area contributed by atoms with Crippen LogP contribution >= 0.6 is 0 Å². The molecule has 3 aromatic rings. The Morgan fingerprint density at radius 1 is 0.591 bits per heavy atom. The summed E-state index contributed by atoms with van der Waals surface area (Å²) in [4.78, 5) is 0. The van der Waals surface area contributed by atoms with Crippen LogP contribution in [-0.4, -0.2) is 0 Å². The molecule has 0 radical (unpaired) electrons. The average Bonchev–Trinajstić information content (AvgIpc) is 2.56. The molecular formula is C22H20. The minimum Gasteiger partial charge on any atom is -0.0622 e. The molecule has 0 atom stereocenters. The van der Waals surface area contributed by atoms with Crippen LogP contribution in [0.1, 0.15) is 27.8 Å². The summed E-state index contributed by atoms with van der Waals surface area (Å²) in [6, 6.07) is 28.0. The summed E-state index contributed by atoms with van der Waals surface area (Å²) in [5.41, 5.74) is 7.54. The fourth-order valence-corrected chi connectivity index (χ4v) is 2.51. The van der Waals surface area contributed by atoms with Crippen LogP contribution in [0.25, 0.3) is 11.6 Å². The average molecular weight is 284 g/mol. The van der Waals surface area contributed by atoms with E-state index in [0.717, 1.165) is 0 Å². The molecule has 0 aliphatic carbocycles. The molecule has 0 spiro atoms. The maximum Gasteiger partial charge on any atom is -0.0105 e. The number of hydrogen-bond donors (Lipinski definition) is 0. The first-order chi connectivity index (χ1) is 10.7. The maximum atomic E-state index is 2.26. The van der Waals surface area contributed by atoms with E-state index in [9.17, 15) is 0 Å². The highest BCUT2D eigenvalue weighted by atomic mass is 14.1. The molecule has 0 saturated carbocycles. The molecule has 0 unspecified atom stereocenters. The molecule has 0 nitrogen and oxygen atoms in total. The Morgan fingerprint density at radius 3 is 1.68 bits per heavy atom. The summed E-state index contributed by atoms with van der Waals surface area (Å²) in [6.45, 7) is 4.24. The van der Waals surface area contributed by atoms with Gasteiger partial charge in [-0.2, -0.15) is 0 Å². The van der Waals surface area contributed by atoms with Crippen molar-refractivity contribution < 1.29 is 0 Å². The SMILES string of the molecule is Cc1ccc(/C=C(/c2ccccc2)c2ccc(C)cc2)cc1. The summed E-state index contributed by atoms with van der Waals surface area (Å²) >= 11 is 0. The van der Waals surface area contributed by atoms with Crippen LogP contribution in [0, 0.1) is 13.8 Å². The lowest BCUT2D eigenvalue weighted by Gasteiger charge is -2.10. The third-order valence-corrected chi connectivity index (χ3v) is 3.84. The quantitative estimate of drug-likeness (QED) is 0.526. The van der Waals surface area contributed by atoms with E-state index >= 15 is 0 Å². The van der Waals surface area contributed by atoms with Crippen LogP contribution in [-0.2, 0) is 0 Å². The Morgan fingerprint density at radius 2 is 1.09 bits per heavy atom. The summed E-state index contributed by atoms with van der Waals surface area (Å²) < 4.78 is 0. The summed E-state index contributed by atoms with van der Waals surface area (Å²) in [6.07, 6.45) is 2.26. The van der Waals surface area contributed by atoms with Crippen LogP contribution in [0.15, 0.2) is 78.9 Å². The highest BCUT2D eigenvalue weighted by molar-refractivity contribution is 5.91. The minimum atomic E-state index is 1.23. The van der Waals surface area contributed by atoms with Crippen molar-refractivity contribution in [1.29, 1.82) is 0 Å². The molecular weight excluding hydrogens is 264 g/mol. The Kier molecular flexibility index (Phi) is 4.20. The van der Waals surface area contributed by atoms with Gasteiger partial charge in [-0.25, -0.2) is 0 Å². The number of benzene rings is 3. The molecule has 0 aliphatic heterocycles. The van der Waals surface area contributed by atoms with Gasteiger partial charge >= 0.3 is 0 Å². The molecule has 3 rings (SSSR count).